The molecule has 4 aliphatic rings. The minimum absolute atomic E-state index is 0.0365. The van der Waals surface area contributed by atoms with Crippen molar-refractivity contribution in [1.29, 1.82) is 0 Å². The molecule has 394 valence electrons. The number of aliphatic hydroxyl groups is 1. The van der Waals surface area contributed by atoms with Crippen LogP contribution in [0.25, 0.3) is 11.0 Å². The number of fused-ring (bicyclic) bond motifs is 1. The number of Topliss-reactive ketones (excluding diaryl/α,β-unsaturated/α-hetero) is 1. The van der Waals surface area contributed by atoms with Gasteiger partial charge < -0.3 is 25.0 Å². The molecule has 4 aromatic carbocycles. The van der Waals surface area contributed by atoms with Crippen LogP contribution in [-0.4, -0.2) is 101 Å². The maximum atomic E-state index is 14.1. The number of ketones is 1. The van der Waals surface area contributed by atoms with Crippen LogP contribution in [0.15, 0.2) is 114 Å². The topological polar surface area (TPSA) is 203 Å². The summed E-state index contributed by atoms with van der Waals surface area (Å²) in [6.07, 6.45) is 10.3. The van der Waals surface area contributed by atoms with E-state index in [-0.39, 0.29) is 40.2 Å². The number of pyridine rings is 1. The first-order valence-electron chi connectivity index (χ1n) is 26.4. The van der Waals surface area contributed by atoms with Gasteiger partial charge in [-0.3, -0.25) is 29.5 Å². The van der Waals surface area contributed by atoms with E-state index in [1.807, 2.05) is 31.2 Å². The first kappa shape index (κ1) is 51.8. The minimum atomic E-state index is -4.59. The van der Waals surface area contributed by atoms with Gasteiger partial charge in [-0.05, 0) is 136 Å². The molecule has 2 aliphatic carbocycles. The maximum Gasteiger partial charge on any atom is 0.293 e. The zero-order valence-corrected chi connectivity index (χ0v) is 44.1. The molecule has 17 heteroatoms. The van der Waals surface area contributed by atoms with E-state index in [1.165, 1.54) is 35.0 Å². The van der Waals surface area contributed by atoms with Crippen molar-refractivity contribution in [3.05, 3.63) is 147 Å². The second-order valence-electron chi connectivity index (χ2n) is 22.1. The van der Waals surface area contributed by atoms with Gasteiger partial charge in [0.05, 0.1) is 27.2 Å². The number of nitro groups is 1. The number of anilines is 2. The molecule has 1 atom stereocenters. The second-order valence-corrected chi connectivity index (χ2v) is 23.8. The van der Waals surface area contributed by atoms with Crippen molar-refractivity contribution in [3.8, 4) is 11.5 Å². The zero-order valence-electron chi connectivity index (χ0n) is 43.3. The van der Waals surface area contributed by atoms with E-state index >= 15 is 0 Å². The number of sulfonamides is 1. The molecule has 4 heterocycles. The summed E-state index contributed by atoms with van der Waals surface area (Å²) in [6.45, 7) is 13.7. The third-order valence-corrected chi connectivity index (χ3v) is 17.9. The first-order chi connectivity index (χ1) is 35.9. The molecule has 1 spiro atoms. The van der Waals surface area contributed by atoms with Crippen LogP contribution in [-0.2, 0) is 16.6 Å². The fraction of sp³-hybridized carbons (Fsp3) is 0.431. The maximum absolute atomic E-state index is 14.1. The Morgan fingerprint density at radius 3 is 2.40 bits per heavy atom. The Bertz CT molecular complexity index is 3190. The third kappa shape index (κ3) is 11.5. The number of carbonyl (C=O) groups is 2. The fourth-order valence-electron chi connectivity index (χ4n) is 12.0. The van der Waals surface area contributed by atoms with Crippen molar-refractivity contribution in [2.45, 2.75) is 114 Å². The molecule has 75 heavy (non-hydrogen) atoms. The number of aromatic amines is 1. The standard InChI is InChI=1S/C58H68N8O8S/c1-38(2)48-7-5-6-8-49(48)53-37-63(36-41-9-11-42(12-10-41)39(3)67)27-28-65(53)45-32-58(33-45)22-25-64(26-23-58)44-13-15-50(54(30-44)74-46-29-43-19-24-59-55(43)61-35-46)56(68)62-75(72,73)47-14-16-51(52(31-47)66(70)71)60-34-40-17-20-57(4,69)21-18-40/h5-16,19,24,29-31,35,38,40,45,53,60,69H,17-18,20-23,25-28,32-34,36-37H2,1-4H3,(H,59,61)(H,62,68). The van der Waals surface area contributed by atoms with Gasteiger partial charge in [0.25, 0.3) is 21.6 Å². The van der Waals surface area contributed by atoms with E-state index < -0.39 is 37.0 Å². The third-order valence-electron chi connectivity index (χ3n) is 16.5. The number of amides is 1. The molecule has 6 aromatic rings. The van der Waals surface area contributed by atoms with Crippen LogP contribution in [0.5, 0.6) is 11.5 Å². The van der Waals surface area contributed by atoms with Gasteiger partial charge in [-0.25, -0.2) is 18.1 Å². The average Bonchev–Trinajstić information content (AvgIpc) is 3.87. The molecule has 10 rings (SSSR count). The summed E-state index contributed by atoms with van der Waals surface area (Å²) in [5.74, 6) is 0.197. The lowest BCUT2D eigenvalue weighted by molar-refractivity contribution is -0.384. The van der Waals surface area contributed by atoms with E-state index in [1.54, 1.807) is 31.3 Å². The lowest BCUT2D eigenvalue weighted by Crippen LogP contribution is -2.60. The van der Waals surface area contributed by atoms with Gasteiger partial charge in [-0.15, -0.1) is 0 Å². The van der Waals surface area contributed by atoms with Gasteiger partial charge in [0.2, 0.25) is 0 Å². The number of hydrogen-bond acceptors (Lipinski definition) is 13. The molecular formula is C58H68N8O8S. The Hall–Kier alpha value is -6.66. The van der Waals surface area contributed by atoms with Crippen molar-refractivity contribution in [2.75, 3.05) is 49.5 Å². The van der Waals surface area contributed by atoms with E-state index in [2.05, 4.69) is 85.0 Å². The number of ether oxygens (including phenoxy) is 1. The number of benzene rings is 4. The molecule has 2 saturated carbocycles. The van der Waals surface area contributed by atoms with Crippen LogP contribution in [0.3, 0.4) is 0 Å². The normalized spacial score (nSPS) is 21.5. The van der Waals surface area contributed by atoms with Crippen LogP contribution in [0, 0.1) is 21.4 Å². The van der Waals surface area contributed by atoms with E-state index in [0.717, 1.165) is 100 Å². The van der Waals surface area contributed by atoms with Crippen molar-refractivity contribution < 1.29 is 32.8 Å². The summed E-state index contributed by atoms with van der Waals surface area (Å²) in [5, 5.41) is 26.5. The predicted molar refractivity (Wildman–Crippen MR) is 290 cm³/mol. The van der Waals surface area contributed by atoms with Crippen LogP contribution < -0.4 is 19.7 Å². The number of carbonyl (C=O) groups excluding carboxylic acids is 2. The second kappa shape index (κ2) is 21.2. The van der Waals surface area contributed by atoms with Gasteiger partial charge in [-0.1, -0.05) is 62.4 Å². The molecule has 16 nitrogen and oxygen atoms in total. The quantitative estimate of drug-likeness (QED) is 0.0405. The Kier molecular flexibility index (Phi) is 14.6. The largest absolute Gasteiger partial charge is 0.455 e. The molecule has 0 radical (unpaired) electrons. The van der Waals surface area contributed by atoms with E-state index in [4.69, 9.17) is 4.74 Å². The number of hydrogen-bond donors (Lipinski definition) is 4. The molecule has 2 aromatic heterocycles. The van der Waals surface area contributed by atoms with Crippen molar-refractivity contribution in [1.82, 2.24) is 24.5 Å². The first-order valence-corrected chi connectivity index (χ1v) is 27.9. The summed E-state index contributed by atoms with van der Waals surface area (Å²) < 4.78 is 36.3. The molecule has 1 unspecified atom stereocenters. The molecular weight excluding hydrogens is 969 g/mol. The van der Waals surface area contributed by atoms with Crippen LogP contribution in [0.4, 0.5) is 17.1 Å². The lowest BCUT2D eigenvalue weighted by atomic mass is 9.59. The van der Waals surface area contributed by atoms with Crippen LogP contribution in [0.2, 0.25) is 0 Å². The number of piperazine rings is 1. The highest BCUT2D eigenvalue weighted by Gasteiger charge is 2.50. The molecule has 1 amide bonds. The predicted octanol–water partition coefficient (Wildman–Crippen LogP) is 10.4. The van der Waals surface area contributed by atoms with Gasteiger partial charge in [0, 0.05) is 92.9 Å². The highest BCUT2D eigenvalue weighted by molar-refractivity contribution is 7.90. The number of piperidine rings is 1. The van der Waals surface area contributed by atoms with Crippen molar-refractivity contribution in [2.24, 2.45) is 11.3 Å². The van der Waals surface area contributed by atoms with Crippen molar-refractivity contribution in [3.63, 3.8) is 0 Å². The number of rotatable bonds is 16. The summed E-state index contributed by atoms with van der Waals surface area (Å²) in [4.78, 5) is 52.4. The fourth-order valence-corrected chi connectivity index (χ4v) is 13.0. The van der Waals surface area contributed by atoms with Crippen molar-refractivity contribution >= 4 is 49.8 Å². The number of aromatic nitrogens is 2. The summed E-state index contributed by atoms with van der Waals surface area (Å²) >= 11 is 0. The Labute approximate surface area is 439 Å². The molecule has 2 saturated heterocycles. The molecule has 2 aliphatic heterocycles. The Balaban J connectivity index is 0.829. The zero-order chi connectivity index (χ0) is 52.6. The molecule has 0 bridgehead atoms. The summed E-state index contributed by atoms with van der Waals surface area (Å²) in [6, 6.07) is 30.0. The highest BCUT2D eigenvalue weighted by Crippen LogP contribution is 2.53. The number of nitrogens with one attached hydrogen (secondary N) is 3. The smallest absolute Gasteiger partial charge is 0.293 e. The monoisotopic (exact) mass is 1040 g/mol. The van der Waals surface area contributed by atoms with Gasteiger partial charge >= 0.3 is 0 Å². The SMILES string of the molecule is CC(=O)c1ccc(CN2CCN(C3CC4(CCN(c5ccc(C(=O)NS(=O)(=O)c6ccc(NCC7CCC(C)(O)CC7)c([N+](=O)[O-])c6)c(Oc6cnc7[nH]ccc7c6)c5)CC4)C3)C(c3ccccc3C(C)C)C2)cc1. The number of H-pyrrole nitrogens is 1. The molecule has 4 fully saturated rings. The average molecular weight is 1040 g/mol. The lowest BCUT2D eigenvalue weighted by Gasteiger charge is -2.58. The van der Waals surface area contributed by atoms with Crippen LogP contribution in [0.1, 0.15) is 128 Å². The summed E-state index contributed by atoms with van der Waals surface area (Å²) in [5.41, 5.74) is 5.43. The van der Waals surface area contributed by atoms with Gasteiger partial charge in [0.15, 0.2) is 5.78 Å². The van der Waals surface area contributed by atoms with Gasteiger partial charge in [-0.2, -0.15) is 0 Å². The Morgan fingerprint density at radius 2 is 1.68 bits per heavy atom. The number of nitro benzene ring substituents is 1. The Morgan fingerprint density at radius 1 is 0.933 bits per heavy atom. The van der Waals surface area contributed by atoms with Gasteiger partial charge in [0.1, 0.15) is 22.8 Å². The number of nitrogens with zero attached hydrogens (tertiary/aromatic N) is 5. The minimum Gasteiger partial charge on any atom is -0.455 e. The van der Waals surface area contributed by atoms with E-state index in [9.17, 15) is 33.2 Å². The highest BCUT2D eigenvalue weighted by atomic mass is 32.2. The molecule has 4 N–H and O–H groups in total. The summed E-state index contributed by atoms with van der Waals surface area (Å²) in [7, 11) is -4.59. The van der Waals surface area contributed by atoms with E-state index in [0.29, 0.717) is 42.7 Å². The van der Waals surface area contributed by atoms with Crippen LogP contribution >= 0.6 is 0 Å².